The lowest BCUT2D eigenvalue weighted by molar-refractivity contribution is -0.141. The monoisotopic (exact) mass is 262 g/mol. The number of nitrogens with one attached hydrogen (secondary N) is 2. The molecule has 0 saturated heterocycles. The van der Waals surface area contributed by atoms with E-state index in [0.29, 0.717) is 12.3 Å². The third-order valence-electron chi connectivity index (χ3n) is 2.21. The lowest BCUT2D eigenvalue weighted by Gasteiger charge is -2.06. The number of carbonyl (C=O) groups excluding carboxylic acids is 2. The predicted molar refractivity (Wildman–Crippen MR) is 73.5 cm³/mol. The minimum atomic E-state index is -0.348. The van der Waals surface area contributed by atoms with Crippen molar-refractivity contribution in [2.45, 2.75) is 13.8 Å². The van der Waals surface area contributed by atoms with Crippen molar-refractivity contribution in [2.24, 2.45) is 0 Å². The van der Waals surface area contributed by atoms with Gasteiger partial charge in [-0.1, -0.05) is 18.2 Å². The number of esters is 1. The van der Waals surface area contributed by atoms with Gasteiger partial charge in [0.05, 0.1) is 6.61 Å². The molecule has 0 atom stereocenters. The molecule has 0 aliphatic carbocycles. The standard InChI is InChI=1S/C14H18N2O3/c1-3-19-14(18)10-15-11(2)9-13(17)16-12-7-5-4-6-8-12/h4-9,15H,3,10H2,1-2H3,(H,16,17)/b11-9-. The highest BCUT2D eigenvalue weighted by Gasteiger charge is 2.02. The second-order valence-corrected chi connectivity index (χ2v) is 3.84. The van der Waals surface area contributed by atoms with Crippen LogP contribution in [0.4, 0.5) is 5.69 Å². The Kier molecular flexibility index (Phi) is 6.15. The van der Waals surface area contributed by atoms with Gasteiger partial charge in [-0.05, 0) is 26.0 Å². The third-order valence-corrected chi connectivity index (χ3v) is 2.21. The van der Waals surface area contributed by atoms with Gasteiger partial charge in [0, 0.05) is 17.5 Å². The van der Waals surface area contributed by atoms with Gasteiger partial charge in [0.1, 0.15) is 6.54 Å². The van der Waals surface area contributed by atoms with Gasteiger partial charge in [-0.25, -0.2) is 0 Å². The average Bonchev–Trinajstić information content (AvgIpc) is 2.38. The van der Waals surface area contributed by atoms with E-state index < -0.39 is 0 Å². The molecular formula is C14H18N2O3. The molecular weight excluding hydrogens is 244 g/mol. The van der Waals surface area contributed by atoms with E-state index in [-0.39, 0.29) is 18.4 Å². The van der Waals surface area contributed by atoms with Crippen molar-refractivity contribution in [3.8, 4) is 0 Å². The maximum Gasteiger partial charge on any atom is 0.325 e. The number of anilines is 1. The summed E-state index contributed by atoms with van der Waals surface area (Å²) in [6.07, 6.45) is 1.40. The Morgan fingerprint density at radius 3 is 2.58 bits per heavy atom. The molecule has 1 amide bonds. The molecule has 0 aliphatic rings. The molecule has 1 aromatic carbocycles. The van der Waals surface area contributed by atoms with Crippen LogP contribution in [0, 0.1) is 0 Å². The van der Waals surface area contributed by atoms with Gasteiger partial charge in [-0.15, -0.1) is 0 Å². The minimum absolute atomic E-state index is 0.0504. The van der Waals surface area contributed by atoms with Crippen LogP contribution in [-0.2, 0) is 14.3 Å². The van der Waals surface area contributed by atoms with Crippen molar-refractivity contribution in [1.29, 1.82) is 0 Å². The van der Waals surface area contributed by atoms with Gasteiger partial charge in [0.25, 0.3) is 0 Å². The number of carbonyl (C=O) groups is 2. The van der Waals surface area contributed by atoms with Crippen LogP contribution in [0.1, 0.15) is 13.8 Å². The summed E-state index contributed by atoms with van der Waals surface area (Å²) in [6.45, 7) is 3.85. The highest BCUT2D eigenvalue weighted by molar-refractivity contribution is 5.99. The van der Waals surface area contributed by atoms with E-state index in [9.17, 15) is 9.59 Å². The van der Waals surface area contributed by atoms with E-state index in [1.165, 1.54) is 6.08 Å². The van der Waals surface area contributed by atoms with Crippen LogP contribution in [0.25, 0.3) is 0 Å². The third kappa shape index (κ3) is 6.26. The zero-order valence-corrected chi connectivity index (χ0v) is 11.1. The molecule has 0 bridgehead atoms. The molecule has 5 heteroatoms. The Morgan fingerprint density at radius 1 is 1.26 bits per heavy atom. The summed E-state index contributed by atoms with van der Waals surface area (Å²) >= 11 is 0. The van der Waals surface area contributed by atoms with E-state index in [1.807, 2.05) is 18.2 Å². The van der Waals surface area contributed by atoms with E-state index >= 15 is 0 Å². The fourth-order valence-electron chi connectivity index (χ4n) is 1.37. The van der Waals surface area contributed by atoms with Gasteiger partial charge >= 0.3 is 5.97 Å². The summed E-state index contributed by atoms with van der Waals surface area (Å²) in [7, 11) is 0. The first-order valence-electron chi connectivity index (χ1n) is 6.05. The van der Waals surface area contributed by atoms with Crippen molar-refractivity contribution in [1.82, 2.24) is 5.32 Å². The number of allylic oxidation sites excluding steroid dienone is 1. The molecule has 0 unspecified atom stereocenters. The van der Waals surface area contributed by atoms with Crippen LogP contribution in [0.2, 0.25) is 0 Å². The quantitative estimate of drug-likeness (QED) is 0.604. The van der Waals surface area contributed by atoms with Crippen LogP contribution in [0.5, 0.6) is 0 Å². The topological polar surface area (TPSA) is 67.4 Å². The van der Waals surface area contributed by atoms with Crippen LogP contribution >= 0.6 is 0 Å². The number of para-hydroxylation sites is 1. The molecule has 0 fully saturated rings. The van der Waals surface area contributed by atoms with E-state index in [0.717, 1.165) is 5.69 Å². The molecule has 0 radical (unpaired) electrons. The Morgan fingerprint density at radius 2 is 1.95 bits per heavy atom. The Bertz CT molecular complexity index is 455. The minimum Gasteiger partial charge on any atom is -0.465 e. The fraction of sp³-hybridized carbons (Fsp3) is 0.286. The normalized spacial score (nSPS) is 10.7. The molecule has 19 heavy (non-hydrogen) atoms. The van der Waals surface area contributed by atoms with Crippen molar-refractivity contribution < 1.29 is 14.3 Å². The first-order valence-corrected chi connectivity index (χ1v) is 6.05. The van der Waals surface area contributed by atoms with E-state index in [2.05, 4.69) is 10.6 Å². The molecule has 2 N–H and O–H groups in total. The summed E-state index contributed by atoms with van der Waals surface area (Å²) in [5.41, 5.74) is 1.32. The second kappa shape index (κ2) is 7.92. The highest BCUT2D eigenvalue weighted by atomic mass is 16.5. The maximum atomic E-state index is 11.6. The Hall–Kier alpha value is -2.30. The number of benzene rings is 1. The van der Waals surface area contributed by atoms with E-state index in [4.69, 9.17) is 4.74 Å². The SMILES string of the molecule is CCOC(=O)CN/C(C)=C\C(=O)Nc1ccccc1. The predicted octanol–water partition coefficient (Wildman–Crippen LogP) is 1.68. The molecule has 0 aromatic heterocycles. The number of amides is 1. The van der Waals surface area contributed by atoms with Gasteiger partial charge in [-0.2, -0.15) is 0 Å². The fourth-order valence-corrected chi connectivity index (χ4v) is 1.37. The first kappa shape index (κ1) is 14.8. The zero-order chi connectivity index (χ0) is 14.1. The largest absolute Gasteiger partial charge is 0.465 e. The maximum absolute atomic E-state index is 11.6. The Balaban J connectivity index is 2.41. The molecule has 5 nitrogen and oxygen atoms in total. The van der Waals surface area contributed by atoms with Gasteiger partial charge in [0.15, 0.2) is 0 Å². The second-order valence-electron chi connectivity index (χ2n) is 3.84. The van der Waals surface area contributed by atoms with E-state index in [1.54, 1.807) is 26.0 Å². The van der Waals surface area contributed by atoms with Crippen molar-refractivity contribution >= 4 is 17.6 Å². The molecule has 102 valence electrons. The van der Waals surface area contributed by atoms with Crippen molar-refractivity contribution in [3.63, 3.8) is 0 Å². The Labute approximate surface area is 112 Å². The van der Waals surface area contributed by atoms with Gasteiger partial charge in [-0.3, -0.25) is 9.59 Å². The van der Waals surface area contributed by atoms with Crippen LogP contribution < -0.4 is 10.6 Å². The molecule has 0 saturated carbocycles. The smallest absolute Gasteiger partial charge is 0.325 e. The number of hydrogen-bond donors (Lipinski definition) is 2. The average molecular weight is 262 g/mol. The molecule has 0 aliphatic heterocycles. The highest BCUT2D eigenvalue weighted by Crippen LogP contribution is 2.04. The summed E-state index contributed by atoms with van der Waals surface area (Å²) in [4.78, 5) is 22.8. The zero-order valence-electron chi connectivity index (χ0n) is 11.1. The van der Waals surface area contributed by atoms with Gasteiger partial charge < -0.3 is 15.4 Å². The van der Waals surface area contributed by atoms with Crippen LogP contribution in [0.15, 0.2) is 42.1 Å². The molecule has 1 aromatic rings. The molecule has 0 heterocycles. The number of ether oxygens (including phenoxy) is 1. The van der Waals surface area contributed by atoms with Crippen molar-refractivity contribution in [3.05, 3.63) is 42.1 Å². The number of rotatable bonds is 6. The molecule has 0 spiro atoms. The lowest BCUT2D eigenvalue weighted by atomic mass is 10.3. The van der Waals surface area contributed by atoms with Gasteiger partial charge in [0.2, 0.25) is 5.91 Å². The lowest BCUT2D eigenvalue weighted by Crippen LogP contribution is -2.24. The van der Waals surface area contributed by atoms with Crippen LogP contribution in [-0.4, -0.2) is 25.0 Å². The van der Waals surface area contributed by atoms with Crippen LogP contribution in [0.3, 0.4) is 0 Å². The van der Waals surface area contributed by atoms with Crippen molar-refractivity contribution in [2.75, 3.05) is 18.5 Å². The number of hydrogen-bond acceptors (Lipinski definition) is 4. The first-order chi connectivity index (χ1) is 9.11. The summed E-state index contributed by atoms with van der Waals surface area (Å²) in [6, 6.07) is 9.15. The molecule has 1 rings (SSSR count). The summed E-state index contributed by atoms with van der Waals surface area (Å²) in [5, 5.41) is 5.52. The summed E-state index contributed by atoms with van der Waals surface area (Å²) < 4.78 is 4.76. The summed E-state index contributed by atoms with van der Waals surface area (Å²) in [5.74, 6) is -0.598.